The van der Waals surface area contributed by atoms with E-state index in [2.05, 4.69) is 27.2 Å². The van der Waals surface area contributed by atoms with E-state index in [9.17, 15) is 19.6 Å². The van der Waals surface area contributed by atoms with Gasteiger partial charge in [-0.15, -0.1) is 0 Å². The van der Waals surface area contributed by atoms with E-state index in [-0.39, 0.29) is 35.3 Å². The molecule has 4 atom stereocenters. The van der Waals surface area contributed by atoms with Crippen LogP contribution < -0.4 is 5.32 Å². The van der Waals surface area contributed by atoms with Gasteiger partial charge in [-0.3, -0.25) is 14.4 Å². The maximum absolute atomic E-state index is 12.3. The molecule has 1 aliphatic heterocycles. The van der Waals surface area contributed by atoms with Gasteiger partial charge in [0, 0.05) is 0 Å². The molecule has 2 aromatic heterocycles. The van der Waals surface area contributed by atoms with Crippen molar-refractivity contribution >= 4 is 42.3 Å². The molecule has 0 saturated carbocycles. The number of rotatable bonds is 16. The molecule has 39 heavy (non-hydrogen) atoms. The Morgan fingerprint density at radius 3 is 2.36 bits per heavy atom. The number of carbonyl (C=O) groups excluding carboxylic acids is 1. The van der Waals surface area contributed by atoms with Gasteiger partial charge in [0.2, 0.25) is 5.28 Å². The van der Waals surface area contributed by atoms with Crippen LogP contribution in [0.2, 0.25) is 5.28 Å². The summed E-state index contributed by atoms with van der Waals surface area (Å²) < 4.78 is 23.5. The minimum Gasteiger partial charge on any atom is -0.449 e. The molecule has 0 radical (unpaired) electrons. The molecule has 0 aromatic carbocycles. The van der Waals surface area contributed by atoms with Crippen molar-refractivity contribution in [3.8, 4) is 0 Å². The fourth-order valence-electron chi connectivity index (χ4n) is 4.54. The second kappa shape index (κ2) is 15.2. The standard InChI is InChI=1S/C24H39ClN5O8P/c1-2-3-4-5-6-7-8-9-10-11-13-37-24(33)28-20-17-21(29-23(25)27-20)30(15-26-17)22-19(32)18(31)16(38-22)12-14-39(34,35)36/h15-16,18-19,22,31-32H,2-14H2,1H3,(H2,34,35,36)(H,27,28,29,33)/t16-,18?,19?,22-/m1/s1. The van der Waals surface area contributed by atoms with Crippen LogP contribution in [0.15, 0.2) is 6.33 Å². The number of aliphatic hydroxyl groups excluding tert-OH is 2. The molecule has 1 amide bonds. The molecule has 2 unspecified atom stereocenters. The van der Waals surface area contributed by atoms with Gasteiger partial charge in [0.05, 0.1) is 25.2 Å². The monoisotopic (exact) mass is 591 g/mol. The Morgan fingerprint density at radius 2 is 1.72 bits per heavy atom. The highest BCUT2D eigenvalue weighted by Crippen LogP contribution is 2.39. The van der Waals surface area contributed by atoms with Crippen molar-refractivity contribution in [2.75, 3.05) is 18.1 Å². The Hall–Kier alpha value is -1.86. The zero-order valence-corrected chi connectivity index (χ0v) is 23.8. The molecule has 0 bridgehead atoms. The number of imidazole rings is 1. The lowest BCUT2D eigenvalue weighted by molar-refractivity contribution is -0.0355. The van der Waals surface area contributed by atoms with Crippen molar-refractivity contribution in [3.63, 3.8) is 0 Å². The molecular formula is C24H39ClN5O8P. The van der Waals surface area contributed by atoms with Gasteiger partial charge in [0.25, 0.3) is 0 Å². The summed E-state index contributed by atoms with van der Waals surface area (Å²) in [6, 6.07) is 0. The van der Waals surface area contributed by atoms with Gasteiger partial charge in [0.1, 0.15) is 12.2 Å². The van der Waals surface area contributed by atoms with Gasteiger partial charge in [-0.1, -0.05) is 64.7 Å². The van der Waals surface area contributed by atoms with Crippen molar-refractivity contribution in [1.82, 2.24) is 19.5 Å². The third kappa shape index (κ3) is 9.63. The van der Waals surface area contributed by atoms with Crippen molar-refractivity contribution in [2.24, 2.45) is 0 Å². The van der Waals surface area contributed by atoms with Gasteiger partial charge in [-0.25, -0.2) is 9.78 Å². The Labute approximate surface area is 232 Å². The second-order valence-electron chi connectivity index (χ2n) is 9.83. The van der Waals surface area contributed by atoms with Crippen molar-refractivity contribution < 1.29 is 38.8 Å². The average molecular weight is 592 g/mol. The minimum atomic E-state index is -4.31. The Balaban J connectivity index is 1.51. The SMILES string of the molecule is CCCCCCCCCCCCOC(=O)Nc1nc(Cl)nc2c1ncn2[C@@H]1O[C@H](CCP(=O)(O)O)C(O)C1O. The number of fused-ring (bicyclic) bond motifs is 1. The van der Waals surface area contributed by atoms with Crippen molar-refractivity contribution in [3.05, 3.63) is 11.6 Å². The summed E-state index contributed by atoms with van der Waals surface area (Å²) in [5.41, 5.74) is 0.270. The van der Waals surface area contributed by atoms with E-state index in [1.54, 1.807) is 0 Å². The molecule has 1 aliphatic rings. The molecule has 5 N–H and O–H groups in total. The van der Waals surface area contributed by atoms with Gasteiger partial charge >= 0.3 is 13.7 Å². The summed E-state index contributed by atoms with van der Waals surface area (Å²) in [5.74, 6) is 0.00269. The van der Waals surface area contributed by atoms with Gasteiger partial charge < -0.3 is 29.5 Å². The molecule has 1 saturated heterocycles. The summed E-state index contributed by atoms with van der Waals surface area (Å²) in [4.78, 5) is 42.9. The van der Waals surface area contributed by atoms with E-state index >= 15 is 0 Å². The van der Waals surface area contributed by atoms with Crippen molar-refractivity contribution in [2.45, 2.75) is 102 Å². The number of nitrogens with one attached hydrogen (secondary N) is 1. The molecule has 1 fully saturated rings. The number of nitrogens with zero attached hydrogens (tertiary/aromatic N) is 4. The Morgan fingerprint density at radius 1 is 1.08 bits per heavy atom. The van der Waals surface area contributed by atoms with Crippen molar-refractivity contribution in [1.29, 1.82) is 0 Å². The molecule has 3 heterocycles. The molecule has 220 valence electrons. The van der Waals surface area contributed by atoms with E-state index in [0.29, 0.717) is 0 Å². The summed E-state index contributed by atoms with van der Waals surface area (Å²) in [5, 5.41) is 23.2. The van der Waals surface area contributed by atoms with Gasteiger partial charge in [0.15, 0.2) is 23.2 Å². The number of ether oxygens (including phenoxy) is 2. The first kappa shape index (κ1) is 31.7. The van der Waals surface area contributed by atoms with E-state index < -0.39 is 44.4 Å². The third-order valence-electron chi connectivity index (χ3n) is 6.66. The molecular weight excluding hydrogens is 553 g/mol. The highest BCUT2D eigenvalue weighted by atomic mass is 35.5. The van der Waals surface area contributed by atoms with Gasteiger partial charge in [-0.05, 0) is 24.4 Å². The predicted molar refractivity (Wildman–Crippen MR) is 145 cm³/mol. The lowest BCUT2D eigenvalue weighted by Crippen LogP contribution is -2.31. The van der Waals surface area contributed by atoms with E-state index in [4.69, 9.17) is 30.9 Å². The van der Waals surface area contributed by atoms with Crippen LogP contribution in [0.5, 0.6) is 0 Å². The maximum atomic E-state index is 12.3. The summed E-state index contributed by atoms with van der Waals surface area (Å²) in [6.07, 6.45) is 6.55. The third-order valence-corrected chi connectivity index (χ3v) is 7.67. The predicted octanol–water partition coefficient (Wildman–Crippen LogP) is 4.14. The largest absolute Gasteiger partial charge is 0.449 e. The smallest absolute Gasteiger partial charge is 0.412 e. The molecule has 3 rings (SSSR count). The van der Waals surface area contributed by atoms with Gasteiger partial charge in [-0.2, -0.15) is 9.97 Å². The fourth-order valence-corrected chi connectivity index (χ4v) is 5.30. The summed E-state index contributed by atoms with van der Waals surface area (Å²) >= 11 is 6.06. The first-order valence-corrected chi connectivity index (χ1v) is 15.7. The number of halogens is 1. The minimum absolute atomic E-state index is 0.00269. The van der Waals surface area contributed by atoms with Crippen LogP contribution in [0.3, 0.4) is 0 Å². The van der Waals surface area contributed by atoms with E-state index in [0.717, 1.165) is 19.3 Å². The van der Waals surface area contributed by atoms with Crippen LogP contribution in [-0.2, 0) is 14.0 Å². The highest BCUT2D eigenvalue weighted by molar-refractivity contribution is 7.51. The Kier molecular flexibility index (Phi) is 12.4. The highest BCUT2D eigenvalue weighted by Gasteiger charge is 2.44. The fraction of sp³-hybridized carbons (Fsp3) is 0.750. The molecule has 0 spiro atoms. The zero-order chi connectivity index (χ0) is 28.4. The molecule has 0 aliphatic carbocycles. The van der Waals surface area contributed by atoms with Crippen LogP contribution in [0, 0.1) is 0 Å². The number of anilines is 1. The van der Waals surface area contributed by atoms with Crippen LogP contribution in [0.4, 0.5) is 10.6 Å². The van der Waals surface area contributed by atoms with E-state index in [1.165, 1.54) is 55.8 Å². The summed E-state index contributed by atoms with van der Waals surface area (Å²) in [7, 11) is -4.31. The molecule has 2 aromatic rings. The number of carbonyl (C=O) groups is 1. The van der Waals surface area contributed by atoms with E-state index in [1.807, 2.05) is 0 Å². The number of hydrogen-bond donors (Lipinski definition) is 5. The number of amides is 1. The molecule has 13 nitrogen and oxygen atoms in total. The van der Waals surface area contributed by atoms with Crippen LogP contribution in [0.25, 0.3) is 11.2 Å². The number of unbranched alkanes of at least 4 members (excludes halogenated alkanes) is 9. The quantitative estimate of drug-likeness (QED) is 0.107. The number of hydrogen-bond acceptors (Lipinski definition) is 9. The first-order chi connectivity index (χ1) is 18.6. The van der Waals surface area contributed by atoms with Crippen LogP contribution in [0.1, 0.15) is 83.8 Å². The van der Waals surface area contributed by atoms with Crippen LogP contribution in [-0.4, -0.2) is 76.7 Å². The average Bonchev–Trinajstić information content (AvgIpc) is 3.41. The number of aliphatic hydroxyl groups is 2. The van der Waals surface area contributed by atoms with Crippen LogP contribution >= 0.6 is 19.2 Å². The number of aromatic nitrogens is 4. The topological polar surface area (TPSA) is 189 Å². The normalized spacial score (nSPS) is 21.5. The lowest BCUT2D eigenvalue weighted by atomic mass is 10.1. The molecule has 15 heteroatoms. The maximum Gasteiger partial charge on any atom is 0.412 e. The summed E-state index contributed by atoms with van der Waals surface area (Å²) in [6.45, 7) is 2.47. The Bertz CT molecular complexity index is 1120. The lowest BCUT2D eigenvalue weighted by Gasteiger charge is -2.16. The zero-order valence-electron chi connectivity index (χ0n) is 22.1. The first-order valence-electron chi connectivity index (χ1n) is 13.5. The second-order valence-corrected chi connectivity index (χ2v) is 11.9.